The second-order valence-corrected chi connectivity index (χ2v) is 8.76. The summed E-state index contributed by atoms with van der Waals surface area (Å²) in [6, 6.07) is 1.55. The van der Waals surface area contributed by atoms with Crippen LogP contribution in [-0.4, -0.2) is 39.9 Å². The highest BCUT2D eigenvalue weighted by Gasteiger charge is 2.19. The molecule has 1 rings (SSSR count). The normalized spacial score (nSPS) is 11.9. The monoisotopic (exact) mass is 421 g/mol. The summed E-state index contributed by atoms with van der Waals surface area (Å²) in [7, 11) is -3.48. The van der Waals surface area contributed by atoms with Crippen LogP contribution >= 0.6 is 43.2 Å². The predicted molar refractivity (Wildman–Crippen MR) is 77.4 cm³/mol. The van der Waals surface area contributed by atoms with E-state index in [2.05, 4.69) is 36.6 Å². The summed E-state index contributed by atoms with van der Waals surface area (Å²) in [6.07, 6.45) is 0.558. The maximum absolute atomic E-state index is 11.9. The fourth-order valence-electron chi connectivity index (χ4n) is 1.13. The molecule has 0 fully saturated rings. The highest BCUT2D eigenvalue weighted by Crippen LogP contribution is 2.34. The number of sulfonamides is 1. The van der Waals surface area contributed by atoms with Gasteiger partial charge in [0.25, 0.3) is 0 Å². The van der Waals surface area contributed by atoms with Crippen molar-refractivity contribution >= 4 is 53.2 Å². The molecular weight excluding hydrogens is 410 g/mol. The van der Waals surface area contributed by atoms with Crippen LogP contribution in [0.15, 0.2) is 18.5 Å². The summed E-state index contributed by atoms with van der Waals surface area (Å²) in [4.78, 5) is 0.232. The fraction of sp³-hybridized carbons (Fsp3) is 0.556. The van der Waals surface area contributed by atoms with Crippen molar-refractivity contribution in [1.29, 1.82) is 0 Å². The summed E-state index contributed by atoms with van der Waals surface area (Å²) >= 11 is 7.76. The Balaban J connectivity index is 2.43. The molecule has 0 bridgehead atoms. The maximum Gasteiger partial charge on any atom is 0.242 e. The molecule has 0 amide bonds. The van der Waals surface area contributed by atoms with E-state index in [1.165, 1.54) is 11.3 Å². The first kappa shape index (κ1) is 16.5. The number of rotatable bonds is 8. The van der Waals surface area contributed by atoms with Crippen molar-refractivity contribution in [1.82, 2.24) is 4.72 Å². The molecule has 18 heavy (non-hydrogen) atoms. The second-order valence-electron chi connectivity index (χ2n) is 3.28. The first-order chi connectivity index (χ1) is 8.47. The first-order valence-corrected chi connectivity index (χ1v) is 8.99. The molecule has 1 heterocycles. The molecule has 0 spiro atoms. The summed E-state index contributed by atoms with van der Waals surface area (Å²) in [5.74, 6) is 0. The van der Waals surface area contributed by atoms with Gasteiger partial charge in [0.2, 0.25) is 10.0 Å². The van der Waals surface area contributed by atoms with Gasteiger partial charge < -0.3 is 9.84 Å². The van der Waals surface area contributed by atoms with E-state index in [1.54, 1.807) is 6.07 Å². The lowest BCUT2D eigenvalue weighted by Gasteiger charge is -2.06. The smallest absolute Gasteiger partial charge is 0.242 e. The van der Waals surface area contributed by atoms with Crippen molar-refractivity contribution in [3.05, 3.63) is 13.6 Å². The molecule has 0 aliphatic rings. The first-order valence-electron chi connectivity index (χ1n) is 5.10. The van der Waals surface area contributed by atoms with Crippen LogP contribution in [0.25, 0.3) is 0 Å². The molecule has 5 nitrogen and oxygen atoms in total. The average Bonchev–Trinajstić information content (AvgIpc) is 2.63. The van der Waals surface area contributed by atoms with Crippen molar-refractivity contribution in [3.8, 4) is 0 Å². The van der Waals surface area contributed by atoms with E-state index < -0.39 is 10.0 Å². The van der Waals surface area contributed by atoms with Crippen LogP contribution in [0, 0.1) is 0 Å². The Morgan fingerprint density at radius 3 is 2.67 bits per heavy atom. The van der Waals surface area contributed by atoms with Gasteiger partial charge in [0, 0.05) is 13.2 Å². The van der Waals surface area contributed by atoms with Crippen LogP contribution in [0.3, 0.4) is 0 Å². The largest absolute Gasteiger partial charge is 0.394 e. The van der Waals surface area contributed by atoms with Gasteiger partial charge in [-0.3, -0.25) is 0 Å². The molecule has 1 aromatic heterocycles. The highest BCUT2D eigenvalue weighted by atomic mass is 79.9. The molecular formula is C9H13Br2NO4S2. The number of hydrogen-bond donors (Lipinski definition) is 2. The topological polar surface area (TPSA) is 75.6 Å². The maximum atomic E-state index is 11.9. The number of nitrogens with one attached hydrogen (secondary N) is 1. The lowest BCUT2D eigenvalue weighted by Crippen LogP contribution is -2.25. The van der Waals surface area contributed by atoms with Crippen molar-refractivity contribution in [2.24, 2.45) is 0 Å². The molecule has 9 heteroatoms. The molecule has 0 saturated heterocycles. The van der Waals surface area contributed by atoms with Crippen LogP contribution in [0.5, 0.6) is 0 Å². The lowest BCUT2D eigenvalue weighted by atomic mass is 10.5. The van der Waals surface area contributed by atoms with Gasteiger partial charge in [-0.05, 0) is 44.3 Å². The van der Waals surface area contributed by atoms with Gasteiger partial charge in [-0.1, -0.05) is 0 Å². The van der Waals surface area contributed by atoms with Crippen LogP contribution in [0.1, 0.15) is 6.42 Å². The third-order valence-electron chi connectivity index (χ3n) is 1.91. The molecule has 0 unspecified atom stereocenters. The van der Waals surface area contributed by atoms with E-state index >= 15 is 0 Å². The SMILES string of the molecule is O=S(=O)(NCCCOCCO)c1cc(Br)sc1Br. The summed E-state index contributed by atoms with van der Waals surface area (Å²) < 4.78 is 32.7. The minimum atomic E-state index is -3.48. The van der Waals surface area contributed by atoms with E-state index in [9.17, 15) is 8.42 Å². The number of aliphatic hydroxyl groups is 1. The molecule has 0 aliphatic carbocycles. The summed E-state index contributed by atoms with van der Waals surface area (Å²) in [5.41, 5.74) is 0. The summed E-state index contributed by atoms with van der Waals surface area (Å²) in [5, 5.41) is 8.49. The van der Waals surface area contributed by atoms with Crippen molar-refractivity contribution in [2.45, 2.75) is 11.3 Å². The molecule has 0 saturated carbocycles. The van der Waals surface area contributed by atoms with E-state index in [1.807, 2.05) is 0 Å². The van der Waals surface area contributed by atoms with Crippen LogP contribution in [0.2, 0.25) is 0 Å². The van der Waals surface area contributed by atoms with Crippen molar-refractivity contribution in [2.75, 3.05) is 26.4 Å². The number of halogens is 2. The molecule has 0 atom stereocenters. The number of thiophene rings is 1. The van der Waals surface area contributed by atoms with Gasteiger partial charge in [-0.15, -0.1) is 11.3 Å². The molecule has 1 aromatic rings. The number of hydrogen-bond acceptors (Lipinski definition) is 5. The van der Waals surface area contributed by atoms with Gasteiger partial charge in [-0.25, -0.2) is 13.1 Å². The Morgan fingerprint density at radius 1 is 1.39 bits per heavy atom. The lowest BCUT2D eigenvalue weighted by molar-refractivity contribution is 0.0913. The van der Waals surface area contributed by atoms with E-state index in [0.29, 0.717) is 23.4 Å². The Hall–Kier alpha value is 0.490. The Morgan fingerprint density at radius 2 is 2.11 bits per heavy atom. The highest BCUT2D eigenvalue weighted by molar-refractivity contribution is 9.12. The Labute approximate surface area is 127 Å². The molecule has 2 N–H and O–H groups in total. The Kier molecular flexibility index (Phi) is 7.29. The van der Waals surface area contributed by atoms with Gasteiger partial charge in [0.05, 0.1) is 20.8 Å². The predicted octanol–water partition coefficient (Wildman–Crippen LogP) is 1.95. The van der Waals surface area contributed by atoms with E-state index in [-0.39, 0.29) is 18.1 Å². The van der Waals surface area contributed by atoms with E-state index in [0.717, 1.165) is 3.79 Å². The fourth-order valence-corrected chi connectivity index (χ4v) is 6.02. The third kappa shape index (κ3) is 5.24. The summed E-state index contributed by atoms with van der Waals surface area (Å²) in [6.45, 7) is 0.961. The zero-order chi connectivity index (χ0) is 13.6. The van der Waals surface area contributed by atoms with Gasteiger partial charge in [-0.2, -0.15) is 0 Å². The molecule has 0 aliphatic heterocycles. The zero-order valence-corrected chi connectivity index (χ0v) is 14.2. The number of ether oxygens (including phenoxy) is 1. The second kappa shape index (κ2) is 7.93. The Bertz CT molecular complexity index is 475. The minimum Gasteiger partial charge on any atom is -0.394 e. The zero-order valence-electron chi connectivity index (χ0n) is 9.36. The number of aliphatic hydroxyl groups excluding tert-OH is 1. The molecule has 104 valence electrons. The van der Waals surface area contributed by atoms with E-state index in [4.69, 9.17) is 9.84 Å². The van der Waals surface area contributed by atoms with Crippen LogP contribution in [0.4, 0.5) is 0 Å². The average molecular weight is 423 g/mol. The van der Waals surface area contributed by atoms with Crippen LogP contribution in [-0.2, 0) is 14.8 Å². The van der Waals surface area contributed by atoms with Gasteiger partial charge in [0.1, 0.15) is 4.90 Å². The third-order valence-corrected chi connectivity index (χ3v) is 6.12. The quantitative estimate of drug-likeness (QED) is 0.627. The van der Waals surface area contributed by atoms with Crippen LogP contribution < -0.4 is 4.72 Å². The standard InChI is InChI=1S/C9H13Br2NO4S2/c10-8-6-7(9(11)17-8)18(14,15)12-2-1-4-16-5-3-13/h6,12-13H,1-5H2. The van der Waals surface area contributed by atoms with Crippen molar-refractivity contribution < 1.29 is 18.3 Å². The van der Waals surface area contributed by atoms with Gasteiger partial charge >= 0.3 is 0 Å². The van der Waals surface area contributed by atoms with Gasteiger partial charge in [0.15, 0.2) is 0 Å². The molecule has 0 radical (unpaired) electrons. The molecule has 0 aromatic carbocycles. The van der Waals surface area contributed by atoms with Crippen molar-refractivity contribution in [3.63, 3.8) is 0 Å². The minimum absolute atomic E-state index is 0.0262.